The van der Waals surface area contributed by atoms with Gasteiger partial charge < -0.3 is 15.4 Å². The van der Waals surface area contributed by atoms with Crippen LogP contribution in [0.2, 0.25) is 0 Å². The van der Waals surface area contributed by atoms with Gasteiger partial charge in [0.2, 0.25) is 11.5 Å². The number of hydrogen-bond acceptors (Lipinski definition) is 8. The van der Waals surface area contributed by atoms with E-state index in [1.165, 1.54) is 0 Å². The molecule has 96 valence electrons. The van der Waals surface area contributed by atoms with E-state index in [4.69, 9.17) is 10.3 Å². The zero-order chi connectivity index (χ0) is 13.2. The molecule has 0 aliphatic carbocycles. The van der Waals surface area contributed by atoms with Gasteiger partial charge in [-0.25, -0.2) is 4.63 Å². The van der Waals surface area contributed by atoms with Gasteiger partial charge in [-0.2, -0.15) is 4.98 Å². The highest BCUT2D eigenvalue weighted by Crippen LogP contribution is 2.20. The summed E-state index contributed by atoms with van der Waals surface area (Å²) in [6, 6.07) is 6.74. The molecule has 1 aromatic carbocycles. The third-order valence-electron chi connectivity index (χ3n) is 2.48. The maximum Gasteiger partial charge on any atom is 0.284 e. The molecule has 0 saturated heterocycles. The zero-order valence-corrected chi connectivity index (χ0v) is 9.65. The molecule has 3 N–H and O–H groups in total. The molecule has 8 nitrogen and oxygen atoms in total. The fourth-order valence-electron chi connectivity index (χ4n) is 1.56. The van der Waals surface area contributed by atoms with Gasteiger partial charge in [-0.3, -0.25) is 0 Å². The molecule has 19 heavy (non-hydrogen) atoms. The first-order valence-electron chi connectivity index (χ1n) is 5.41. The summed E-state index contributed by atoms with van der Waals surface area (Å²) in [7, 11) is 0. The Bertz CT molecular complexity index is 688. The molecule has 0 spiro atoms. The van der Waals surface area contributed by atoms with E-state index in [-0.39, 0.29) is 23.2 Å². The fourth-order valence-corrected chi connectivity index (χ4v) is 1.56. The van der Waals surface area contributed by atoms with Crippen molar-refractivity contribution in [3.63, 3.8) is 0 Å². The number of rotatable bonds is 3. The minimum atomic E-state index is 0.0971. The van der Waals surface area contributed by atoms with E-state index in [9.17, 15) is 5.11 Å². The van der Waals surface area contributed by atoms with Gasteiger partial charge in [-0.1, -0.05) is 17.3 Å². The molecule has 2 aromatic heterocycles. The number of nitrogens with zero attached hydrogens (tertiary/aromatic N) is 4. The second kappa shape index (κ2) is 4.41. The van der Waals surface area contributed by atoms with E-state index >= 15 is 0 Å². The van der Waals surface area contributed by atoms with Crippen LogP contribution >= 0.6 is 0 Å². The standard InChI is InChI=1S/C11H9N5O3/c12-10-9(15-19-16-10)11-13-8(14-18-11)5-6-1-3-7(17)4-2-6/h1-4,17H,5H2,(H2,12,16). The summed E-state index contributed by atoms with van der Waals surface area (Å²) in [5, 5.41) is 20.0. The van der Waals surface area contributed by atoms with Gasteiger partial charge in [-0.15, -0.1) is 0 Å². The Morgan fingerprint density at radius 2 is 1.89 bits per heavy atom. The molecule has 0 saturated carbocycles. The lowest BCUT2D eigenvalue weighted by Crippen LogP contribution is -1.91. The topological polar surface area (TPSA) is 124 Å². The van der Waals surface area contributed by atoms with E-state index in [0.29, 0.717) is 12.2 Å². The fraction of sp³-hybridized carbons (Fsp3) is 0.0909. The zero-order valence-electron chi connectivity index (χ0n) is 9.65. The molecule has 0 amide bonds. The molecule has 0 fully saturated rings. The van der Waals surface area contributed by atoms with Gasteiger partial charge in [-0.05, 0) is 28.0 Å². The van der Waals surface area contributed by atoms with E-state index < -0.39 is 0 Å². The number of aromatic hydroxyl groups is 1. The summed E-state index contributed by atoms with van der Waals surface area (Å²) in [6.45, 7) is 0. The first-order chi connectivity index (χ1) is 9.22. The third kappa shape index (κ3) is 2.23. The van der Waals surface area contributed by atoms with Crippen molar-refractivity contribution < 1.29 is 14.3 Å². The van der Waals surface area contributed by atoms with Crippen molar-refractivity contribution >= 4 is 5.82 Å². The summed E-state index contributed by atoms with van der Waals surface area (Å²) < 4.78 is 9.49. The first-order valence-corrected chi connectivity index (χ1v) is 5.41. The quantitative estimate of drug-likeness (QED) is 0.713. The van der Waals surface area contributed by atoms with Gasteiger partial charge in [0.05, 0.1) is 0 Å². The number of phenols is 1. The monoisotopic (exact) mass is 259 g/mol. The molecular weight excluding hydrogens is 250 g/mol. The van der Waals surface area contributed by atoms with Gasteiger partial charge >= 0.3 is 0 Å². The van der Waals surface area contributed by atoms with Crippen molar-refractivity contribution in [2.45, 2.75) is 6.42 Å². The molecule has 0 aliphatic heterocycles. The Morgan fingerprint density at radius 1 is 1.11 bits per heavy atom. The summed E-state index contributed by atoms with van der Waals surface area (Å²) in [6.07, 6.45) is 0.467. The molecule has 0 radical (unpaired) electrons. The Hall–Kier alpha value is -2.90. The molecule has 0 bridgehead atoms. The van der Waals surface area contributed by atoms with Crippen LogP contribution in [0.4, 0.5) is 5.82 Å². The highest BCUT2D eigenvalue weighted by molar-refractivity contribution is 5.60. The first kappa shape index (κ1) is 11.2. The minimum absolute atomic E-state index is 0.0971. The van der Waals surface area contributed by atoms with Crippen molar-refractivity contribution in [3.05, 3.63) is 35.7 Å². The largest absolute Gasteiger partial charge is 0.508 e. The molecule has 3 rings (SSSR count). The van der Waals surface area contributed by atoms with Crippen LogP contribution in [-0.4, -0.2) is 25.6 Å². The lowest BCUT2D eigenvalue weighted by molar-refractivity contribution is 0.308. The number of phenolic OH excluding ortho intramolecular Hbond substituents is 1. The molecule has 0 atom stereocenters. The van der Waals surface area contributed by atoms with Crippen LogP contribution in [0.25, 0.3) is 11.6 Å². The maximum absolute atomic E-state index is 9.19. The average molecular weight is 259 g/mol. The van der Waals surface area contributed by atoms with E-state index in [2.05, 4.69) is 25.1 Å². The lowest BCUT2D eigenvalue weighted by Gasteiger charge is -1.96. The molecule has 2 heterocycles. The van der Waals surface area contributed by atoms with E-state index in [0.717, 1.165) is 5.56 Å². The normalized spacial score (nSPS) is 10.7. The second-order valence-corrected chi connectivity index (χ2v) is 3.86. The number of nitrogens with two attached hydrogens (primary N) is 1. The van der Waals surface area contributed by atoms with Crippen molar-refractivity contribution in [3.8, 4) is 17.3 Å². The number of anilines is 1. The van der Waals surface area contributed by atoms with E-state index in [1.807, 2.05) is 0 Å². The number of benzene rings is 1. The van der Waals surface area contributed by atoms with Crippen LogP contribution in [0, 0.1) is 0 Å². The Morgan fingerprint density at radius 3 is 2.58 bits per heavy atom. The second-order valence-electron chi connectivity index (χ2n) is 3.86. The van der Waals surface area contributed by atoms with Gasteiger partial charge in [0.1, 0.15) is 5.75 Å². The maximum atomic E-state index is 9.19. The van der Waals surface area contributed by atoms with Crippen LogP contribution in [0.1, 0.15) is 11.4 Å². The summed E-state index contributed by atoms with van der Waals surface area (Å²) in [5.74, 6) is 0.939. The summed E-state index contributed by atoms with van der Waals surface area (Å²) >= 11 is 0. The van der Waals surface area contributed by atoms with Crippen molar-refractivity contribution in [1.82, 2.24) is 20.5 Å². The van der Waals surface area contributed by atoms with Crippen LogP contribution in [-0.2, 0) is 6.42 Å². The van der Waals surface area contributed by atoms with Gasteiger partial charge in [0.15, 0.2) is 5.82 Å². The highest BCUT2D eigenvalue weighted by Gasteiger charge is 2.17. The van der Waals surface area contributed by atoms with Crippen LogP contribution in [0.15, 0.2) is 33.4 Å². The molecular formula is C11H9N5O3. The predicted molar refractivity (Wildman–Crippen MR) is 62.9 cm³/mol. The smallest absolute Gasteiger partial charge is 0.284 e. The minimum Gasteiger partial charge on any atom is -0.508 e. The molecule has 0 unspecified atom stereocenters. The predicted octanol–water partition coefficient (Wildman–Crippen LogP) is 0.998. The number of aromatic nitrogens is 4. The van der Waals surface area contributed by atoms with Crippen molar-refractivity contribution in [2.24, 2.45) is 0 Å². The lowest BCUT2D eigenvalue weighted by atomic mass is 10.1. The number of nitrogen functional groups attached to an aromatic ring is 1. The van der Waals surface area contributed by atoms with Crippen molar-refractivity contribution in [1.29, 1.82) is 0 Å². The van der Waals surface area contributed by atoms with Crippen LogP contribution < -0.4 is 5.73 Å². The van der Waals surface area contributed by atoms with Crippen molar-refractivity contribution in [2.75, 3.05) is 5.73 Å². The molecule has 3 aromatic rings. The number of hydrogen-bond donors (Lipinski definition) is 2. The Balaban J connectivity index is 1.82. The summed E-state index contributed by atoms with van der Waals surface area (Å²) in [5.41, 5.74) is 6.70. The molecule has 8 heteroatoms. The highest BCUT2D eigenvalue weighted by atomic mass is 16.6. The Labute approximate surface area is 106 Å². The average Bonchev–Trinajstić information content (AvgIpc) is 3.01. The van der Waals surface area contributed by atoms with Gasteiger partial charge in [0, 0.05) is 6.42 Å². The molecule has 0 aliphatic rings. The van der Waals surface area contributed by atoms with Crippen LogP contribution in [0.3, 0.4) is 0 Å². The SMILES string of the molecule is Nc1nonc1-c1nc(Cc2ccc(O)cc2)no1. The van der Waals surface area contributed by atoms with Gasteiger partial charge in [0.25, 0.3) is 5.89 Å². The summed E-state index contributed by atoms with van der Waals surface area (Å²) in [4.78, 5) is 4.15. The van der Waals surface area contributed by atoms with E-state index in [1.54, 1.807) is 24.3 Å². The Kier molecular flexibility index (Phi) is 2.60. The third-order valence-corrected chi connectivity index (χ3v) is 2.48. The van der Waals surface area contributed by atoms with Crippen LogP contribution in [0.5, 0.6) is 5.75 Å².